The molecule has 0 saturated carbocycles. The maximum atomic E-state index is 6.27. The zero-order chi connectivity index (χ0) is 31.3. The Morgan fingerprint density at radius 3 is 1.83 bits per heavy atom. The van der Waals surface area contributed by atoms with Gasteiger partial charge in [0.2, 0.25) is 5.71 Å². The Kier molecular flexibility index (Phi) is 5.02. The quantitative estimate of drug-likeness (QED) is 0.197. The van der Waals surface area contributed by atoms with Gasteiger partial charge in [-0.1, -0.05) is 84.9 Å². The highest BCUT2D eigenvalue weighted by atomic mass is 16.3. The van der Waals surface area contributed by atoms with Crippen LogP contribution in [-0.2, 0) is 0 Å². The fraction of sp³-hybridized carbons (Fsp3) is 0. The van der Waals surface area contributed by atoms with E-state index in [9.17, 15) is 0 Å². The van der Waals surface area contributed by atoms with Crippen LogP contribution in [0.15, 0.2) is 142 Å². The monoisotopic (exact) mass is 614 g/mol. The van der Waals surface area contributed by atoms with E-state index < -0.39 is 0 Å². The molecule has 0 amide bonds. The maximum Gasteiger partial charge on any atom is 0.227 e. The summed E-state index contributed by atoms with van der Waals surface area (Å²) in [6.07, 6.45) is 1.74. The smallest absolute Gasteiger partial charge is 0.227 e. The fourth-order valence-corrected chi connectivity index (χ4v) is 7.50. The van der Waals surface area contributed by atoms with E-state index in [-0.39, 0.29) is 0 Å². The molecule has 6 nitrogen and oxygen atoms in total. The first kappa shape index (κ1) is 25.5. The van der Waals surface area contributed by atoms with Crippen molar-refractivity contribution in [1.82, 2.24) is 19.9 Å². The number of rotatable bonds is 3. The predicted octanol–water partition coefficient (Wildman–Crippen LogP) is 10.9. The van der Waals surface area contributed by atoms with Gasteiger partial charge in [0, 0.05) is 44.4 Å². The highest BCUT2D eigenvalue weighted by Gasteiger charge is 2.24. The molecular formula is C42H22N4O2. The summed E-state index contributed by atoms with van der Waals surface area (Å²) >= 11 is 0. The summed E-state index contributed by atoms with van der Waals surface area (Å²) < 4.78 is 12.4. The van der Waals surface area contributed by atoms with Gasteiger partial charge in [0.15, 0.2) is 17.5 Å². The van der Waals surface area contributed by atoms with Gasteiger partial charge in [-0.15, -0.1) is 0 Å². The molecule has 0 radical (unpaired) electrons. The van der Waals surface area contributed by atoms with E-state index in [2.05, 4.69) is 71.7 Å². The Labute approximate surface area is 273 Å². The van der Waals surface area contributed by atoms with Gasteiger partial charge in [0.05, 0.1) is 0 Å². The van der Waals surface area contributed by atoms with E-state index in [1.165, 1.54) is 27.6 Å². The van der Waals surface area contributed by atoms with Crippen LogP contribution < -0.4 is 0 Å². The molecule has 0 aliphatic heterocycles. The summed E-state index contributed by atoms with van der Waals surface area (Å²) in [6.45, 7) is 0. The van der Waals surface area contributed by atoms with Crippen LogP contribution in [0.1, 0.15) is 0 Å². The van der Waals surface area contributed by atoms with Crippen molar-refractivity contribution in [3.05, 3.63) is 134 Å². The van der Waals surface area contributed by atoms with Gasteiger partial charge < -0.3 is 8.83 Å². The van der Waals surface area contributed by atoms with Crippen LogP contribution in [0.25, 0.3) is 111 Å². The summed E-state index contributed by atoms with van der Waals surface area (Å²) in [5.74, 6) is 1.72. The SMILES string of the molecule is c1ccc2c(c1)-c1cccc3cc(-c4nc(-c5cccc6oc7ccccc7c56)nc(-c5cccc6oc7ncccc7c56)n4)cc-2c13. The lowest BCUT2D eigenvalue weighted by Gasteiger charge is -2.11. The summed E-state index contributed by atoms with van der Waals surface area (Å²) in [5.41, 5.74) is 10.5. The van der Waals surface area contributed by atoms with E-state index in [1.54, 1.807) is 6.20 Å². The number of para-hydroxylation sites is 1. The molecule has 6 heteroatoms. The van der Waals surface area contributed by atoms with Gasteiger partial charge in [-0.2, -0.15) is 0 Å². The maximum absolute atomic E-state index is 6.27. The number of fused-ring (bicyclic) bond motifs is 9. The molecule has 1 aliphatic rings. The number of pyridine rings is 1. The van der Waals surface area contributed by atoms with Gasteiger partial charge in [-0.05, 0) is 75.5 Å². The average molecular weight is 615 g/mol. The minimum absolute atomic E-state index is 0.558. The topological polar surface area (TPSA) is 77.8 Å². The highest BCUT2D eigenvalue weighted by Crippen LogP contribution is 2.48. The van der Waals surface area contributed by atoms with Gasteiger partial charge in [-0.25, -0.2) is 19.9 Å². The van der Waals surface area contributed by atoms with Crippen molar-refractivity contribution in [3.8, 4) is 56.4 Å². The molecule has 0 N–H and O–H groups in total. The van der Waals surface area contributed by atoms with Crippen molar-refractivity contribution in [2.75, 3.05) is 0 Å². The Morgan fingerprint density at radius 1 is 0.396 bits per heavy atom. The molecule has 6 aromatic carbocycles. The van der Waals surface area contributed by atoms with Gasteiger partial charge in [0.1, 0.15) is 16.7 Å². The summed E-state index contributed by atoms with van der Waals surface area (Å²) in [7, 11) is 0. The number of hydrogen-bond acceptors (Lipinski definition) is 6. The molecule has 10 aromatic rings. The summed E-state index contributed by atoms with van der Waals surface area (Å²) in [6, 6.07) is 43.6. The fourth-order valence-electron chi connectivity index (χ4n) is 7.50. The average Bonchev–Trinajstić information content (AvgIpc) is 3.82. The first-order valence-corrected chi connectivity index (χ1v) is 15.9. The van der Waals surface area contributed by atoms with Crippen molar-refractivity contribution in [3.63, 3.8) is 0 Å². The first-order valence-electron chi connectivity index (χ1n) is 15.9. The van der Waals surface area contributed by atoms with E-state index in [0.29, 0.717) is 23.2 Å². The third-order valence-electron chi connectivity index (χ3n) is 9.54. The molecule has 48 heavy (non-hydrogen) atoms. The van der Waals surface area contributed by atoms with Crippen LogP contribution in [0.4, 0.5) is 0 Å². The number of nitrogens with zero attached hydrogens (tertiary/aromatic N) is 4. The largest absolute Gasteiger partial charge is 0.456 e. The minimum Gasteiger partial charge on any atom is -0.456 e. The van der Waals surface area contributed by atoms with E-state index >= 15 is 0 Å². The Balaban J connectivity index is 1.23. The van der Waals surface area contributed by atoms with Gasteiger partial charge in [-0.3, -0.25) is 0 Å². The summed E-state index contributed by atoms with van der Waals surface area (Å²) in [4.78, 5) is 20.1. The van der Waals surface area contributed by atoms with Crippen molar-refractivity contribution in [2.24, 2.45) is 0 Å². The zero-order valence-corrected chi connectivity index (χ0v) is 25.3. The van der Waals surface area contributed by atoms with Crippen LogP contribution in [0.3, 0.4) is 0 Å². The lowest BCUT2D eigenvalue weighted by Crippen LogP contribution is -2.01. The molecule has 0 unspecified atom stereocenters. The molecular weight excluding hydrogens is 592 g/mol. The number of benzene rings is 6. The number of furan rings is 2. The number of aromatic nitrogens is 4. The van der Waals surface area contributed by atoms with Crippen LogP contribution in [0, 0.1) is 0 Å². The molecule has 4 aromatic heterocycles. The molecule has 0 fully saturated rings. The van der Waals surface area contributed by atoms with Gasteiger partial charge in [0.25, 0.3) is 0 Å². The second kappa shape index (κ2) is 9.44. The van der Waals surface area contributed by atoms with Crippen molar-refractivity contribution < 1.29 is 8.83 Å². The molecule has 222 valence electrons. The Morgan fingerprint density at radius 2 is 1.00 bits per heavy atom. The molecule has 4 heterocycles. The predicted molar refractivity (Wildman–Crippen MR) is 190 cm³/mol. The summed E-state index contributed by atoms with van der Waals surface area (Å²) in [5, 5.41) is 6.24. The van der Waals surface area contributed by atoms with Gasteiger partial charge >= 0.3 is 0 Å². The van der Waals surface area contributed by atoms with Crippen LogP contribution in [-0.4, -0.2) is 19.9 Å². The van der Waals surface area contributed by atoms with Crippen molar-refractivity contribution in [2.45, 2.75) is 0 Å². The lowest BCUT2D eigenvalue weighted by molar-refractivity contribution is 0.654. The lowest BCUT2D eigenvalue weighted by atomic mass is 9.99. The van der Waals surface area contributed by atoms with Crippen LogP contribution in [0.5, 0.6) is 0 Å². The third kappa shape index (κ3) is 3.51. The number of hydrogen-bond donors (Lipinski definition) is 0. The molecule has 1 aliphatic carbocycles. The minimum atomic E-state index is 0.558. The molecule has 0 bridgehead atoms. The van der Waals surface area contributed by atoms with E-state index in [0.717, 1.165) is 60.4 Å². The van der Waals surface area contributed by atoms with E-state index in [1.807, 2.05) is 60.7 Å². The van der Waals surface area contributed by atoms with Crippen LogP contribution in [0.2, 0.25) is 0 Å². The molecule has 0 saturated heterocycles. The zero-order valence-electron chi connectivity index (χ0n) is 25.3. The third-order valence-corrected chi connectivity index (χ3v) is 9.54. The van der Waals surface area contributed by atoms with Crippen molar-refractivity contribution in [1.29, 1.82) is 0 Å². The first-order chi connectivity index (χ1) is 23.8. The normalized spacial score (nSPS) is 12.2. The second-order valence-electron chi connectivity index (χ2n) is 12.2. The molecule has 11 rings (SSSR count). The van der Waals surface area contributed by atoms with Crippen molar-refractivity contribution >= 4 is 54.8 Å². The second-order valence-corrected chi connectivity index (χ2v) is 12.2. The van der Waals surface area contributed by atoms with E-state index in [4.69, 9.17) is 23.8 Å². The standard InChI is InChI=1S/C42H22N4O2/c1-2-11-26-25(10-1)27-13-5-9-23-21-24(22-32(26)36(23)27)39-44-40(29-14-6-18-34-37(29)28-12-3-4-17-33(28)47-34)46-41(45-39)30-15-7-19-35-38(30)31-16-8-20-43-42(31)48-35/h1-22H. The van der Waals surface area contributed by atoms with Crippen LogP contribution >= 0.6 is 0 Å². The molecule has 0 spiro atoms. The highest BCUT2D eigenvalue weighted by molar-refractivity contribution is 6.17. The Bertz CT molecular complexity index is 2840. The molecule has 0 atom stereocenters. The Hall–Kier alpha value is -6.66.